The van der Waals surface area contributed by atoms with Gasteiger partial charge in [0.25, 0.3) is 5.91 Å². The summed E-state index contributed by atoms with van der Waals surface area (Å²) in [7, 11) is 3.11. The molecule has 0 spiro atoms. The Morgan fingerprint density at radius 2 is 2.15 bits per heavy atom. The number of amides is 1. The Morgan fingerprint density at radius 3 is 2.70 bits per heavy atom. The van der Waals surface area contributed by atoms with Gasteiger partial charge in [-0.2, -0.15) is 0 Å². The van der Waals surface area contributed by atoms with Crippen LogP contribution in [-0.4, -0.2) is 25.0 Å². The molecule has 0 saturated carbocycles. The van der Waals surface area contributed by atoms with E-state index in [0.29, 0.717) is 11.4 Å². The third kappa shape index (κ3) is 3.37. The molecule has 106 valence electrons. The topological polar surface area (TPSA) is 29.5 Å². The molecule has 0 N–H and O–H groups in total. The lowest BCUT2D eigenvalue weighted by Crippen LogP contribution is -2.25. The van der Waals surface area contributed by atoms with Gasteiger partial charge in [-0.3, -0.25) is 4.79 Å². The van der Waals surface area contributed by atoms with E-state index in [9.17, 15) is 9.18 Å². The second-order valence-corrected chi connectivity index (χ2v) is 6.70. The van der Waals surface area contributed by atoms with Crippen molar-refractivity contribution in [2.24, 2.45) is 0 Å². The third-order valence-corrected chi connectivity index (χ3v) is 4.38. The predicted molar refractivity (Wildman–Crippen MR) is 80.8 cm³/mol. The van der Waals surface area contributed by atoms with Crippen molar-refractivity contribution in [3.63, 3.8) is 0 Å². The number of thiophene rings is 1. The summed E-state index contributed by atoms with van der Waals surface area (Å²) in [6.45, 7) is 0.343. The number of ether oxygens (including phenoxy) is 1. The number of rotatable bonds is 4. The van der Waals surface area contributed by atoms with Gasteiger partial charge < -0.3 is 9.64 Å². The van der Waals surface area contributed by atoms with Gasteiger partial charge >= 0.3 is 0 Å². The fourth-order valence-corrected chi connectivity index (χ4v) is 3.15. The van der Waals surface area contributed by atoms with Crippen LogP contribution in [0, 0.1) is 5.82 Å². The molecule has 0 fully saturated rings. The van der Waals surface area contributed by atoms with Gasteiger partial charge in [0.05, 0.1) is 15.8 Å². The quantitative estimate of drug-likeness (QED) is 0.829. The average molecular weight is 358 g/mol. The van der Waals surface area contributed by atoms with E-state index in [2.05, 4.69) is 15.9 Å². The number of carbonyl (C=O) groups excluding carboxylic acids is 1. The number of hydrogen-bond donors (Lipinski definition) is 0. The van der Waals surface area contributed by atoms with Gasteiger partial charge in [-0.25, -0.2) is 4.39 Å². The Balaban J connectivity index is 2.09. The first-order valence-electron chi connectivity index (χ1n) is 5.84. The van der Waals surface area contributed by atoms with Crippen LogP contribution in [0.15, 0.2) is 34.1 Å². The fourth-order valence-electron chi connectivity index (χ4n) is 1.77. The van der Waals surface area contributed by atoms with Crippen molar-refractivity contribution in [1.82, 2.24) is 4.90 Å². The molecular weight excluding hydrogens is 345 g/mol. The van der Waals surface area contributed by atoms with Gasteiger partial charge in [0.1, 0.15) is 0 Å². The van der Waals surface area contributed by atoms with Gasteiger partial charge in [0, 0.05) is 13.6 Å². The van der Waals surface area contributed by atoms with E-state index >= 15 is 0 Å². The normalized spacial score (nSPS) is 10.4. The minimum absolute atomic E-state index is 0.0862. The molecular formula is C14H13BrFNO2S. The lowest BCUT2D eigenvalue weighted by atomic mass is 10.2. The molecule has 3 nitrogen and oxygen atoms in total. The molecule has 1 aromatic carbocycles. The zero-order valence-electron chi connectivity index (χ0n) is 11.0. The van der Waals surface area contributed by atoms with Gasteiger partial charge in [-0.05, 0) is 45.8 Å². The Morgan fingerprint density at radius 1 is 1.40 bits per heavy atom. The second-order valence-electron chi connectivity index (χ2n) is 4.23. The first-order chi connectivity index (χ1) is 9.51. The van der Waals surface area contributed by atoms with E-state index in [1.165, 1.54) is 24.5 Å². The van der Waals surface area contributed by atoms with Crippen LogP contribution >= 0.6 is 27.3 Å². The largest absolute Gasteiger partial charge is 0.494 e. The van der Waals surface area contributed by atoms with Crippen LogP contribution in [0.5, 0.6) is 5.75 Å². The zero-order chi connectivity index (χ0) is 14.7. The summed E-state index contributed by atoms with van der Waals surface area (Å²) < 4.78 is 19.4. The molecule has 2 aromatic rings. The first kappa shape index (κ1) is 15.0. The van der Waals surface area contributed by atoms with Crippen molar-refractivity contribution in [1.29, 1.82) is 0 Å². The molecule has 1 heterocycles. The summed E-state index contributed by atoms with van der Waals surface area (Å²) in [4.78, 5) is 14.4. The van der Waals surface area contributed by atoms with E-state index < -0.39 is 5.82 Å². The maximum absolute atomic E-state index is 13.6. The minimum atomic E-state index is -0.426. The van der Waals surface area contributed by atoms with Crippen molar-refractivity contribution in [2.45, 2.75) is 6.54 Å². The fraction of sp³-hybridized carbons (Fsp3) is 0.214. The molecule has 0 radical (unpaired) electrons. The van der Waals surface area contributed by atoms with Crippen LogP contribution in [0.2, 0.25) is 0 Å². The average Bonchev–Trinajstić information content (AvgIpc) is 2.84. The highest BCUT2D eigenvalue weighted by molar-refractivity contribution is 9.11. The van der Waals surface area contributed by atoms with E-state index in [1.807, 2.05) is 6.07 Å². The predicted octanol–water partition coefficient (Wildman–Crippen LogP) is 3.93. The Bertz CT molecular complexity index is 629. The van der Waals surface area contributed by atoms with E-state index in [1.54, 1.807) is 30.1 Å². The molecule has 1 aromatic heterocycles. The number of carbonyl (C=O) groups is 1. The zero-order valence-corrected chi connectivity index (χ0v) is 13.4. The molecule has 0 aliphatic rings. The number of halogens is 2. The summed E-state index contributed by atoms with van der Waals surface area (Å²) in [5, 5.41) is 0. The molecule has 1 amide bonds. The molecule has 0 aliphatic heterocycles. The second kappa shape index (κ2) is 6.37. The Kier molecular flexibility index (Phi) is 4.77. The molecule has 0 saturated heterocycles. The molecule has 0 aliphatic carbocycles. The Labute approximate surface area is 129 Å². The summed E-state index contributed by atoms with van der Waals surface area (Å²) >= 11 is 4.70. The van der Waals surface area contributed by atoms with Crippen molar-refractivity contribution in [2.75, 3.05) is 14.2 Å². The molecule has 0 bridgehead atoms. The SMILES string of the molecule is COc1ccc(CN(C)C(=O)c2ccc(Br)s2)cc1F. The highest BCUT2D eigenvalue weighted by Crippen LogP contribution is 2.24. The van der Waals surface area contributed by atoms with Crippen LogP contribution in [0.4, 0.5) is 4.39 Å². The van der Waals surface area contributed by atoms with Crippen molar-refractivity contribution in [3.05, 3.63) is 50.4 Å². The lowest BCUT2D eigenvalue weighted by Gasteiger charge is -2.16. The highest BCUT2D eigenvalue weighted by Gasteiger charge is 2.15. The van der Waals surface area contributed by atoms with E-state index in [-0.39, 0.29) is 11.7 Å². The number of benzene rings is 1. The highest BCUT2D eigenvalue weighted by atomic mass is 79.9. The van der Waals surface area contributed by atoms with Crippen LogP contribution < -0.4 is 4.74 Å². The molecule has 6 heteroatoms. The standard InChI is InChI=1S/C14H13BrFNO2S/c1-17(14(18)12-5-6-13(15)20-12)8-9-3-4-11(19-2)10(16)7-9/h3-7H,8H2,1-2H3. The number of hydrogen-bond acceptors (Lipinski definition) is 3. The van der Waals surface area contributed by atoms with Crippen LogP contribution in [0.1, 0.15) is 15.2 Å². The van der Waals surface area contributed by atoms with Gasteiger partial charge in [0.2, 0.25) is 0 Å². The van der Waals surface area contributed by atoms with Crippen molar-refractivity contribution < 1.29 is 13.9 Å². The number of nitrogens with zero attached hydrogens (tertiary/aromatic N) is 1. The summed E-state index contributed by atoms with van der Waals surface area (Å²) in [5.41, 5.74) is 0.717. The monoisotopic (exact) mass is 357 g/mol. The van der Waals surface area contributed by atoms with E-state index in [4.69, 9.17) is 4.74 Å². The summed E-state index contributed by atoms with van der Waals surface area (Å²) in [5.74, 6) is -0.313. The van der Waals surface area contributed by atoms with Crippen LogP contribution in [0.3, 0.4) is 0 Å². The minimum Gasteiger partial charge on any atom is -0.494 e. The molecule has 0 unspecified atom stereocenters. The van der Waals surface area contributed by atoms with Gasteiger partial charge in [-0.15, -0.1) is 11.3 Å². The van der Waals surface area contributed by atoms with Crippen LogP contribution in [0.25, 0.3) is 0 Å². The third-order valence-electron chi connectivity index (χ3n) is 2.77. The Hall–Kier alpha value is -1.40. The van der Waals surface area contributed by atoms with Gasteiger partial charge in [-0.1, -0.05) is 6.07 Å². The summed E-state index contributed by atoms with van der Waals surface area (Å²) in [6, 6.07) is 8.29. The maximum atomic E-state index is 13.6. The lowest BCUT2D eigenvalue weighted by molar-refractivity contribution is 0.0789. The molecule has 0 atom stereocenters. The van der Waals surface area contributed by atoms with Crippen molar-refractivity contribution >= 4 is 33.2 Å². The van der Waals surface area contributed by atoms with E-state index in [0.717, 1.165) is 9.35 Å². The number of methoxy groups -OCH3 is 1. The summed E-state index contributed by atoms with van der Waals surface area (Å²) in [6.07, 6.45) is 0. The smallest absolute Gasteiger partial charge is 0.264 e. The molecule has 2 rings (SSSR count). The first-order valence-corrected chi connectivity index (χ1v) is 7.45. The maximum Gasteiger partial charge on any atom is 0.264 e. The van der Waals surface area contributed by atoms with Gasteiger partial charge in [0.15, 0.2) is 11.6 Å². The van der Waals surface area contributed by atoms with Crippen LogP contribution in [-0.2, 0) is 6.54 Å². The van der Waals surface area contributed by atoms with Crippen molar-refractivity contribution in [3.8, 4) is 5.75 Å². The molecule has 20 heavy (non-hydrogen) atoms.